The molecule has 18 heavy (non-hydrogen) atoms. The quantitative estimate of drug-likeness (QED) is 0.609. The van der Waals surface area contributed by atoms with Crippen LogP contribution in [0.15, 0.2) is 60.7 Å². The Balaban J connectivity index is 2.18. The van der Waals surface area contributed by atoms with E-state index in [9.17, 15) is 4.79 Å². The molecule has 0 radical (unpaired) electrons. The molecule has 2 aromatic carbocycles. The molecule has 0 fully saturated rings. The van der Waals surface area contributed by atoms with Crippen molar-refractivity contribution in [3.05, 3.63) is 66.2 Å². The second kappa shape index (κ2) is 5.87. The van der Waals surface area contributed by atoms with E-state index in [-0.39, 0.29) is 5.97 Å². The number of esters is 1. The number of benzene rings is 2. The molecule has 0 aliphatic heterocycles. The minimum atomic E-state index is -0.717. The highest BCUT2D eigenvalue weighted by Crippen LogP contribution is 2.22. The molecular formula is C15H14O3. The van der Waals surface area contributed by atoms with Crippen molar-refractivity contribution in [1.29, 1.82) is 0 Å². The Morgan fingerprint density at radius 2 is 1.50 bits per heavy atom. The lowest BCUT2D eigenvalue weighted by atomic mass is 10.2. The molecule has 0 aliphatic rings. The van der Waals surface area contributed by atoms with E-state index < -0.39 is 6.29 Å². The lowest BCUT2D eigenvalue weighted by molar-refractivity contribution is -0.162. The summed E-state index contributed by atoms with van der Waals surface area (Å²) in [5.41, 5.74) is 0.802. The third-order valence-corrected chi connectivity index (χ3v) is 2.33. The van der Waals surface area contributed by atoms with Crippen molar-refractivity contribution in [1.82, 2.24) is 0 Å². The van der Waals surface area contributed by atoms with E-state index in [1.54, 1.807) is 0 Å². The van der Waals surface area contributed by atoms with Crippen LogP contribution in [0.5, 0.6) is 5.75 Å². The van der Waals surface area contributed by atoms with E-state index in [0.29, 0.717) is 5.75 Å². The summed E-state index contributed by atoms with van der Waals surface area (Å²) in [5, 5.41) is 0. The zero-order valence-electron chi connectivity index (χ0n) is 10.1. The fourth-order valence-corrected chi connectivity index (χ4v) is 1.54. The lowest BCUT2D eigenvalue weighted by Crippen LogP contribution is -2.14. The minimum Gasteiger partial charge on any atom is -0.450 e. The van der Waals surface area contributed by atoms with Gasteiger partial charge in [-0.3, -0.25) is 4.79 Å². The average Bonchev–Trinajstić information content (AvgIpc) is 2.40. The second-order valence-corrected chi connectivity index (χ2v) is 3.78. The molecule has 0 bridgehead atoms. The highest BCUT2D eigenvalue weighted by Gasteiger charge is 2.15. The summed E-state index contributed by atoms with van der Waals surface area (Å²) in [6, 6.07) is 18.6. The van der Waals surface area contributed by atoms with Crippen molar-refractivity contribution in [3.8, 4) is 5.75 Å². The largest absolute Gasteiger partial charge is 0.450 e. The zero-order valence-corrected chi connectivity index (χ0v) is 10.1. The van der Waals surface area contributed by atoms with E-state index in [2.05, 4.69) is 0 Å². The molecule has 0 N–H and O–H groups in total. The molecule has 92 valence electrons. The van der Waals surface area contributed by atoms with Crippen LogP contribution in [0.4, 0.5) is 0 Å². The van der Waals surface area contributed by atoms with Gasteiger partial charge in [0, 0.05) is 12.5 Å². The van der Waals surface area contributed by atoms with Gasteiger partial charge in [0.1, 0.15) is 5.75 Å². The SMILES string of the molecule is CC(=O)OC(Oc1ccccc1)c1ccccc1. The summed E-state index contributed by atoms with van der Waals surface area (Å²) in [6.07, 6.45) is -0.717. The van der Waals surface area contributed by atoms with Crippen molar-refractivity contribution >= 4 is 5.97 Å². The number of para-hydroxylation sites is 1. The molecule has 0 amide bonds. The summed E-state index contributed by atoms with van der Waals surface area (Å²) < 4.78 is 10.8. The van der Waals surface area contributed by atoms with Gasteiger partial charge in [-0.2, -0.15) is 0 Å². The smallest absolute Gasteiger partial charge is 0.305 e. The topological polar surface area (TPSA) is 35.5 Å². The standard InChI is InChI=1S/C15H14O3/c1-12(16)17-15(13-8-4-2-5-9-13)18-14-10-6-3-7-11-14/h2-11,15H,1H3. The number of hydrogen-bond acceptors (Lipinski definition) is 3. The predicted octanol–water partition coefficient (Wildman–Crippen LogP) is 3.33. The van der Waals surface area contributed by atoms with Gasteiger partial charge in [0.15, 0.2) is 0 Å². The number of carbonyl (C=O) groups excluding carboxylic acids is 1. The number of carbonyl (C=O) groups is 1. The first-order valence-electron chi connectivity index (χ1n) is 5.69. The van der Waals surface area contributed by atoms with Crippen LogP contribution in [0, 0.1) is 0 Å². The minimum absolute atomic E-state index is 0.375. The van der Waals surface area contributed by atoms with Gasteiger partial charge in [-0.05, 0) is 12.1 Å². The van der Waals surface area contributed by atoms with Crippen molar-refractivity contribution in [2.24, 2.45) is 0 Å². The lowest BCUT2D eigenvalue weighted by Gasteiger charge is -2.18. The molecule has 2 aromatic rings. The van der Waals surface area contributed by atoms with Gasteiger partial charge in [0.2, 0.25) is 0 Å². The van der Waals surface area contributed by atoms with Crippen LogP contribution in [0.1, 0.15) is 18.8 Å². The number of ether oxygens (including phenoxy) is 2. The molecule has 0 heterocycles. The monoisotopic (exact) mass is 242 g/mol. The predicted molar refractivity (Wildman–Crippen MR) is 68.0 cm³/mol. The molecule has 3 heteroatoms. The molecule has 0 aliphatic carbocycles. The second-order valence-electron chi connectivity index (χ2n) is 3.78. The Hall–Kier alpha value is -2.29. The van der Waals surface area contributed by atoms with Gasteiger partial charge in [-0.15, -0.1) is 0 Å². The van der Waals surface area contributed by atoms with Gasteiger partial charge >= 0.3 is 5.97 Å². The summed E-state index contributed by atoms with van der Waals surface area (Å²) in [6.45, 7) is 1.37. The van der Waals surface area contributed by atoms with Crippen LogP contribution in [0.3, 0.4) is 0 Å². The fraction of sp³-hybridized carbons (Fsp3) is 0.133. The summed E-state index contributed by atoms with van der Waals surface area (Å²) in [7, 11) is 0. The first-order chi connectivity index (χ1) is 8.75. The molecule has 0 spiro atoms. The molecule has 1 atom stereocenters. The highest BCUT2D eigenvalue weighted by molar-refractivity contribution is 5.66. The summed E-state index contributed by atoms with van der Waals surface area (Å²) >= 11 is 0. The van der Waals surface area contributed by atoms with Crippen LogP contribution in [-0.4, -0.2) is 5.97 Å². The first kappa shape index (κ1) is 12.2. The molecule has 0 saturated heterocycles. The molecular weight excluding hydrogens is 228 g/mol. The normalized spacial score (nSPS) is 11.6. The maximum absolute atomic E-state index is 11.1. The van der Waals surface area contributed by atoms with E-state index in [1.165, 1.54) is 6.92 Å². The summed E-state index contributed by atoms with van der Waals surface area (Å²) in [4.78, 5) is 11.1. The van der Waals surface area contributed by atoms with Crippen LogP contribution >= 0.6 is 0 Å². The molecule has 2 rings (SSSR count). The van der Waals surface area contributed by atoms with E-state index in [0.717, 1.165) is 5.56 Å². The average molecular weight is 242 g/mol. The maximum atomic E-state index is 11.1. The van der Waals surface area contributed by atoms with Crippen LogP contribution in [-0.2, 0) is 9.53 Å². The van der Waals surface area contributed by atoms with Crippen molar-refractivity contribution in [2.75, 3.05) is 0 Å². The Labute approximate surface area is 106 Å². The van der Waals surface area contributed by atoms with Crippen LogP contribution in [0.2, 0.25) is 0 Å². The van der Waals surface area contributed by atoms with Crippen molar-refractivity contribution < 1.29 is 14.3 Å². The Kier molecular flexibility index (Phi) is 3.97. The third kappa shape index (κ3) is 3.35. The molecule has 3 nitrogen and oxygen atoms in total. The Bertz CT molecular complexity index is 494. The number of hydrogen-bond donors (Lipinski definition) is 0. The summed E-state index contributed by atoms with van der Waals surface area (Å²) in [5.74, 6) is 0.285. The van der Waals surface area contributed by atoms with E-state index >= 15 is 0 Å². The van der Waals surface area contributed by atoms with Crippen molar-refractivity contribution in [2.45, 2.75) is 13.2 Å². The molecule has 1 unspecified atom stereocenters. The van der Waals surface area contributed by atoms with E-state index in [1.807, 2.05) is 60.7 Å². The maximum Gasteiger partial charge on any atom is 0.305 e. The van der Waals surface area contributed by atoms with E-state index in [4.69, 9.17) is 9.47 Å². The van der Waals surface area contributed by atoms with Gasteiger partial charge in [0.25, 0.3) is 6.29 Å². The van der Waals surface area contributed by atoms with Gasteiger partial charge in [-0.25, -0.2) is 0 Å². The Morgan fingerprint density at radius 1 is 0.944 bits per heavy atom. The zero-order chi connectivity index (χ0) is 12.8. The van der Waals surface area contributed by atoms with Crippen LogP contribution in [0.25, 0.3) is 0 Å². The highest BCUT2D eigenvalue weighted by atomic mass is 16.7. The van der Waals surface area contributed by atoms with Gasteiger partial charge in [0.05, 0.1) is 0 Å². The molecule has 0 aromatic heterocycles. The number of rotatable bonds is 4. The Morgan fingerprint density at radius 3 is 2.06 bits per heavy atom. The molecule has 0 saturated carbocycles. The fourth-order valence-electron chi connectivity index (χ4n) is 1.54. The van der Waals surface area contributed by atoms with Gasteiger partial charge < -0.3 is 9.47 Å². The van der Waals surface area contributed by atoms with Crippen molar-refractivity contribution in [3.63, 3.8) is 0 Å². The van der Waals surface area contributed by atoms with Gasteiger partial charge in [-0.1, -0.05) is 48.5 Å². The first-order valence-corrected chi connectivity index (χ1v) is 5.69. The van der Waals surface area contributed by atoms with Crippen LogP contribution < -0.4 is 4.74 Å². The third-order valence-electron chi connectivity index (χ3n) is 2.33.